The average molecular weight is 237 g/mol. The van der Waals surface area contributed by atoms with Gasteiger partial charge in [-0.3, -0.25) is 0 Å². The summed E-state index contributed by atoms with van der Waals surface area (Å²) in [4.78, 5) is 0. The van der Waals surface area contributed by atoms with Crippen LogP contribution < -0.4 is 5.73 Å². The molecule has 0 saturated carbocycles. The number of aromatic nitrogens is 3. The van der Waals surface area contributed by atoms with E-state index in [9.17, 15) is 0 Å². The second-order valence-electron chi connectivity index (χ2n) is 3.55. The average Bonchev–Trinajstić information content (AvgIpc) is 2.63. The highest BCUT2D eigenvalue weighted by molar-refractivity contribution is 6.30. The van der Waals surface area contributed by atoms with Gasteiger partial charge >= 0.3 is 0 Å². The van der Waals surface area contributed by atoms with Gasteiger partial charge in [0.2, 0.25) is 0 Å². The van der Waals surface area contributed by atoms with Gasteiger partial charge in [-0.05, 0) is 37.7 Å². The lowest BCUT2D eigenvalue weighted by molar-refractivity contribution is 0.782. The first-order chi connectivity index (χ1) is 7.72. The minimum absolute atomic E-state index is 0.583. The molecule has 1 aromatic carbocycles. The molecule has 0 bridgehead atoms. The fourth-order valence-electron chi connectivity index (χ4n) is 1.56. The molecule has 5 heteroatoms. The summed E-state index contributed by atoms with van der Waals surface area (Å²) >= 11 is 5.83. The monoisotopic (exact) mass is 236 g/mol. The Morgan fingerprint density at radius 3 is 2.62 bits per heavy atom. The fraction of sp³-hybridized carbons (Fsp3) is 0.273. The Bertz CT molecular complexity index is 475. The first kappa shape index (κ1) is 11.1. The third-order valence-electron chi connectivity index (χ3n) is 2.44. The minimum atomic E-state index is 0.583. The summed E-state index contributed by atoms with van der Waals surface area (Å²) in [6.07, 6.45) is 0.749. The Hall–Kier alpha value is -1.39. The lowest BCUT2D eigenvalue weighted by Crippen LogP contribution is -2.05. The van der Waals surface area contributed by atoms with Crippen molar-refractivity contribution in [2.24, 2.45) is 5.73 Å². The van der Waals surface area contributed by atoms with Gasteiger partial charge in [-0.1, -0.05) is 16.8 Å². The van der Waals surface area contributed by atoms with Gasteiger partial charge in [0, 0.05) is 11.4 Å². The summed E-state index contributed by atoms with van der Waals surface area (Å²) in [6, 6.07) is 7.49. The molecule has 84 valence electrons. The van der Waals surface area contributed by atoms with Crippen LogP contribution in [-0.4, -0.2) is 21.5 Å². The van der Waals surface area contributed by atoms with E-state index < -0.39 is 0 Å². The molecule has 0 atom stereocenters. The molecule has 2 rings (SSSR count). The summed E-state index contributed by atoms with van der Waals surface area (Å²) < 4.78 is 1.79. The topological polar surface area (TPSA) is 56.7 Å². The summed E-state index contributed by atoms with van der Waals surface area (Å²) in [7, 11) is 0. The molecule has 1 aromatic heterocycles. The van der Waals surface area contributed by atoms with Crippen LogP contribution in [0.3, 0.4) is 0 Å². The molecular weight excluding hydrogens is 224 g/mol. The molecule has 16 heavy (non-hydrogen) atoms. The van der Waals surface area contributed by atoms with Crippen LogP contribution in [0.15, 0.2) is 24.3 Å². The summed E-state index contributed by atoms with van der Waals surface area (Å²) in [5, 5.41) is 8.92. The van der Waals surface area contributed by atoms with Gasteiger partial charge in [0.15, 0.2) is 0 Å². The number of hydrogen-bond donors (Lipinski definition) is 1. The lowest BCUT2D eigenvalue weighted by atomic mass is 10.2. The van der Waals surface area contributed by atoms with E-state index in [0.29, 0.717) is 11.6 Å². The molecule has 0 saturated heterocycles. The van der Waals surface area contributed by atoms with Crippen molar-refractivity contribution in [2.75, 3.05) is 6.54 Å². The Balaban J connectivity index is 2.37. The summed E-state index contributed by atoms with van der Waals surface area (Å²) in [6.45, 7) is 2.57. The number of nitrogens with two attached hydrogens (primary N) is 1. The third kappa shape index (κ3) is 2.08. The first-order valence-corrected chi connectivity index (χ1v) is 5.47. The van der Waals surface area contributed by atoms with Crippen molar-refractivity contribution in [1.29, 1.82) is 0 Å². The SMILES string of the molecule is Cc1c(CCN)nnn1-c1ccc(Cl)cc1. The molecule has 0 unspecified atom stereocenters. The highest BCUT2D eigenvalue weighted by atomic mass is 35.5. The Morgan fingerprint density at radius 2 is 2.00 bits per heavy atom. The second-order valence-corrected chi connectivity index (χ2v) is 3.98. The maximum atomic E-state index is 5.83. The van der Waals surface area contributed by atoms with Crippen LogP contribution in [0.2, 0.25) is 5.02 Å². The van der Waals surface area contributed by atoms with E-state index >= 15 is 0 Å². The summed E-state index contributed by atoms with van der Waals surface area (Å²) in [5.74, 6) is 0. The van der Waals surface area contributed by atoms with Gasteiger partial charge in [-0.15, -0.1) is 5.10 Å². The number of hydrogen-bond acceptors (Lipinski definition) is 3. The second kappa shape index (κ2) is 4.63. The molecular formula is C11H13ClN4. The molecule has 0 aliphatic carbocycles. The zero-order valence-electron chi connectivity index (χ0n) is 9.02. The van der Waals surface area contributed by atoms with E-state index in [0.717, 1.165) is 23.5 Å². The standard InChI is InChI=1S/C11H13ClN4/c1-8-11(6-7-13)14-15-16(8)10-4-2-9(12)3-5-10/h2-5H,6-7,13H2,1H3. The predicted molar refractivity (Wildman–Crippen MR) is 63.9 cm³/mol. The van der Waals surface area contributed by atoms with E-state index in [4.69, 9.17) is 17.3 Å². The lowest BCUT2D eigenvalue weighted by Gasteiger charge is -2.03. The quantitative estimate of drug-likeness (QED) is 0.883. The van der Waals surface area contributed by atoms with Crippen LogP contribution in [0.4, 0.5) is 0 Å². The van der Waals surface area contributed by atoms with Crippen LogP contribution >= 0.6 is 11.6 Å². The molecule has 1 heterocycles. The van der Waals surface area contributed by atoms with Crippen molar-refractivity contribution in [3.63, 3.8) is 0 Å². The maximum absolute atomic E-state index is 5.83. The van der Waals surface area contributed by atoms with Gasteiger partial charge in [-0.25, -0.2) is 4.68 Å². The van der Waals surface area contributed by atoms with Gasteiger partial charge in [0.1, 0.15) is 0 Å². The highest BCUT2D eigenvalue weighted by Crippen LogP contribution is 2.15. The highest BCUT2D eigenvalue weighted by Gasteiger charge is 2.08. The van der Waals surface area contributed by atoms with E-state index in [1.54, 1.807) is 4.68 Å². The Morgan fingerprint density at radius 1 is 1.31 bits per heavy atom. The largest absolute Gasteiger partial charge is 0.330 e. The van der Waals surface area contributed by atoms with Gasteiger partial charge < -0.3 is 5.73 Å². The smallest absolute Gasteiger partial charge is 0.0873 e. The van der Waals surface area contributed by atoms with Crippen LogP contribution in [0.5, 0.6) is 0 Å². The van der Waals surface area contributed by atoms with Crippen LogP contribution in [0.25, 0.3) is 5.69 Å². The predicted octanol–water partition coefficient (Wildman–Crippen LogP) is 1.73. The van der Waals surface area contributed by atoms with Gasteiger partial charge in [-0.2, -0.15) is 0 Å². The number of rotatable bonds is 3. The van der Waals surface area contributed by atoms with Crippen molar-refractivity contribution in [3.8, 4) is 5.69 Å². The van der Waals surface area contributed by atoms with E-state index in [1.807, 2.05) is 31.2 Å². The number of benzene rings is 1. The van der Waals surface area contributed by atoms with Crippen molar-refractivity contribution >= 4 is 11.6 Å². The molecule has 0 radical (unpaired) electrons. The molecule has 2 N–H and O–H groups in total. The molecule has 0 spiro atoms. The van der Waals surface area contributed by atoms with E-state index in [2.05, 4.69) is 10.3 Å². The third-order valence-corrected chi connectivity index (χ3v) is 2.69. The summed E-state index contributed by atoms with van der Waals surface area (Å²) in [5.41, 5.74) is 8.42. The van der Waals surface area contributed by atoms with Gasteiger partial charge in [0.25, 0.3) is 0 Å². The first-order valence-electron chi connectivity index (χ1n) is 5.09. The number of halogens is 1. The molecule has 0 amide bonds. The Labute approximate surface area is 99.0 Å². The normalized spacial score (nSPS) is 10.7. The molecule has 0 aliphatic rings. The van der Waals surface area contributed by atoms with Crippen molar-refractivity contribution < 1.29 is 0 Å². The number of nitrogens with zero attached hydrogens (tertiary/aromatic N) is 3. The Kier molecular flexibility index (Phi) is 3.22. The van der Waals surface area contributed by atoms with Crippen molar-refractivity contribution in [1.82, 2.24) is 15.0 Å². The fourth-order valence-corrected chi connectivity index (χ4v) is 1.68. The van der Waals surface area contributed by atoms with Crippen LogP contribution in [0, 0.1) is 6.92 Å². The maximum Gasteiger partial charge on any atom is 0.0873 e. The van der Waals surface area contributed by atoms with Gasteiger partial charge in [0.05, 0.1) is 17.1 Å². The molecule has 0 aliphatic heterocycles. The van der Waals surface area contributed by atoms with Crippen LogP contribution in [-0.2, 0) is 6.42 Å². The van der Waals surface area contributed by atoms with Crippen molar-refractivity contribution in [3.05, 3.63) is 40.7 Å². The van der Waals surface area contributed by atoms with E-state index in [1.165, 1.54) is 0 Å². The molecule has 0 fully saturated rings. The van der Waals surface area contributed by atoms with Crippen molar-refractivity contribution in [2.45, 2.75) is 13.3 Å². The zero-order chi connectivity index (χ0) is 11.5. The molecule has 2 aromatic rings. The van der Waals surface area contributed by atoms with E-state index in [-0.39, 0.29) is 0 Å². The molecule has 4 nitrogen and oxygen atoms in total. The van der Waals surface area contributed by atoms with Crippen LogP contribution in [0.1, 0.15) is 11.4 Å². The minimum Gasteiger partial charge on any atom is -0.330 e. The zero-order valence-corrected chi connectivity index (χ0v) is 9.78.